The summed E-state index contributed by atoms with van der Waals surface area (Å²) in [6, 6.07) is 0. The summed E-state index contributed by atoms with van der Waals surface area (Å²) < 4.78 is 10.6. The lowest BCUT2D eigenvalue weighted by Gasteiger charge is -2.15. The summed E-state index contributed by atoms with van der Waals surface area (Å²) >= 11 is 0. The van der Waals surface area contributed by atoms with Gasteiger partial charge in [-0.1, -0.05) is 11.6 Å². The molecule has 0 bridgehead atoms. The quantitative estimate of drug-likeness (QED) is 0.293. The third-order valence-corrected chi connectivity index (χ3v) is 3.06. The summed E-state index contributed by atoms with van der Waals surface area (Å²) in [6.45, 7) is 9.88. The first-order valence-corrected chi connectivity index (χ1v) is 7.72. The van der Waals surface area contributed by atoms with Crippen LogP contribution in [-0.2, 0) is 9.47 Å². The van der Waals surface area contributed by atoms with Crippen LogP contribution in [0.15, 0.2) is 16.6 Å². The SMILES string of the molecule is CCNC(=NCCCOCC)NCCC1=CCOCC1. The molecule has 1 rings (SSSR count). The summed E-state index contributed by atoms with van der Waals surface area (Å²) in [7, 11) is 0. The maximum Gasteiger partial charge on any atom is 0.191 e. The zero-order chi connectivity index (χ0) is 14.5. The Morgan fingerprint density at radius 3 is 3.00 bits per heavy atom. The zero-order valence-corrected chi connectivity index (χ0v) is 12.9. The number of ether oxygens (including phenoxy) is 2. The fraction of sp³-hybridized carbons (Fsp3) is 0.800. The number of hydrogen-bond donors (Lipinski definition) is 2. The topological polar surface area (TPSA) is 54.9 Å². The number of hydrogen-bond acceptors (Lipinski definition) is 3. The molecule has 0 fully saturated rings. The van der Waals surface area contributed by atoms with Crippen LogP contribution < -0.4 is 10.6 Å². The van der Waals surface area contributed by atoms with Crippen LogP contribution in [0.3, 0.4) is 0 Å². The van der Waals surface area contributed by atoms with Crippen LogP contribution in [0.1, 0.15) is 33.1 Å². The standard InChI is InChI=1S/C15H29N3O2/c1-3-16-15(17-9-5-11-19-4-2)18-10-6-14-7-12-20-13-8-14/h7H,3-6,8-13H2,1-2H3,(H2,16,17,18). The number of aliphatic imine (C=N–C) groups is 1. The first-order chi connectivity index (χ1) is 9.86. The number of rotatable bonds is 9. The molecule has 0 aromatic rings. The largest absolute Gasteiger partial charge is 0.382 e. The number of nitrogens with zero attached hydrogens (tertiary/aromatic N) is 1. The molecule has 5 nitrogen and oxygen atoms in total. The van der Waals surface area contributed by atoms with E-state index in [1.54, 1.807) is 0 Å². The van der Waals surface area contributed by atoms with Crippen LogP contribution in [-0.4, -0.2) is 52.0 Å². The molecule has 0 saturated carbocycles. The van der Waals surface area contributed by atoms with Crippen LogP contribution in [0.5, 0.6) is 0 Å². The van der Waals surface area contributed by atoms with Crippen molar-refractivity contribution in [3.8, 4) is 0 Å². The smallest absolute Gasteiger partial charge is 0.191 e. The van der Waals surface area contributed by atoms with Crippen molar-refractivity contribution in [2.75, 3.05) is 46.1 Å². The molecule has 1 heterocycles. The summed E-state index contributed by atoms with van der Waals surface area (Å²) in [5.74, 6) is 0.900. The fourth-order valence-electron chi connectivity index (χ4n) is 1.98. The average Bonchev–Trinajstić information content (AvgIpc) is 2.48. The molecule has 0 amide bonds. The highest BCUT2D eigenvalue weighted by molar-refractivity contribution is 5.79. The molecule has 0 radical (unpaired) electrons. The molecule has 0 atom stereocenters. The van der Waals surface area contributed by atoms with Gasteiger partial charge in [0, 0.05) is 32.8 Å². The lowest BCUT2D eigenvalue weighted by molar-refractivity contribution is 0.146. The first-order valence-electron chi connectivity index (χ1n) is 7.72. The zero-order valence-electron chi connectivity index (χ0n) is 12.9. The highest BCUT2D eigenvalue weighted by atomic mass is 16.5. The second-order valence-corrected chi connectivity index (χ2v) is 4.68. The van der Waals surface area contributed by atoms with Crippen molar-refractivity contribution in [3.63, 3.8) is 0 Å². The van der Waals surface area contributed by atoms with Crippen LogP contribution in [0.25, 0.3) is 0 Å². The second-order valence-electron chi connectivity index (χ2n) is 4.68. The van der Waals surface area contributed by atoms with Gasteiger partial charge in [0.05, 0.1) is 13.2 Å². The summed E-state index contributed by atoms with van der Waals surface area (Å²) in [5.41, 5.74) is 1.48. The molecule has 0 aliphatic carbocycles. The highest BCUT2D eigenvalue weighted by Crippen LogP contribution is 2.10. The van der Waals surface area contributed by atoms with Crippen molar-refractivity contribution in [2.24, 2.45) is 4.99 Å². The van der Waals surface area contributed by atoms with E-state index in [2.05, 4.69) is 28.6 Å². The van der Waals surface area contributed by atoms with Crippen molar-refractivity contribution in [3.05, 3.63) is 11.6 Å². The number of nitrogens with one attached hydrogen (secondary N) is 2. The number of guanidine groups is 1. The van der Waals surface area contributed by atoms with Gasteiger partial charge in [0.1, 0.15) is 0 Å². The molecule has 2 N–H and O–H groups in total. The molecule has 20 heavy (non-hydrogen) atoms. The van der Waals surface area contributed by atoms with Gasteiger partial charge >= 0.3 is 0 Å². The van der Waals surface area contributed by atoms with Crippen molar-refractivity contribution >= 4 is 5.96 Å². The van der Waals surface area contributed by atoms with Gasteiger partial charge in [0.25, 0.3) is 0 Å². The van der Waals surface area contributed by atoms with Gasteiger partial charge in [-0.15, -0.1) is 0 Å². The van der Waals surface area contributed by atoms with E-state index in [1.807, 2.05) is 6.92 Å². The molecule has 1 aliphatic heterocycles. The van der Waals surface area contributed by atoms with E-state index in [0.29, 0.717) is 0 Å². The van der Waals surface area contributed by atoms with Gasteiger partial charge in [0.15, 0.2) is 5.96 Å². The summed E-state index contributed by atoms with van der Waals surface area (Å²) in [6.07, 6.45) is 5.28. The van der Waals surface area contributed by atoms with E-state index in [4.69, 9.17) is 9.47 Å². The minimum Gasteiger partial charge on any atom is -0.382 e. The van der Waals surface area contributed by atoms with Crippen molar-refractivity contribution < 1.29 is 9.47 Å². The Labute approximate surface area is 122 Å². The van der Waals surface area contributed by atoms with E-state index >= 15 is 0 Å². The Hall–Kier alpha value is -1.07. The van der Waals surface area contributed by atoms with E-state index < -0.39 is 0 Å². The van der Waals surface area contributed by atoms with E-state index in [1.165, 1.54) is 5.57 Å². The van der Waals surface area contributed by atoms with Crippen LogP contribution in [0, 0.1) is 0 Å². The minimum atomic E-state index is 0.765. The van der Waals surface area contributed by atoms with Crippen molar-refractivity contribution in [2.45, 2.75) is 33.1 Å². The molecule has 116 valence electrons. The first kappa shape index (κ1) is 17.0. The van der Waals surface area contributed by atoms with Gasteiger partial charge in [-0.2, -0.15) is 0 Å². The second kappa shape index (κ2) is 11.7. The molecule has 0 unspecified atom stereocenters. The Morgan fingerprint density at radius 2 is 2.30 bits per heavy atom. The Kier molecular flexibility index (Phi) is 9.96. The molecule has 0 aromatic carbocycles. The highest BCUT2D eigenvalue weighted by Gasteiger charge is 2.04. The maximum absolute atomic E-state index is 5.31. The molecule has 0 saturated heterocycles. The Bertz CT molecular complexity index is 303. The lowest BCUT2D eigenvalue weighted by Crippen LogP contribution is -2.38. The molecule has 5 heteroatoms. The fourth-order valence-corrected chi connectivity index (χ4v) is 1.98. The van der Waals surface area contributed by atoms with Gasteiger partial charge < -0.3 is 20.1 Å². The molecular weight excluding hydrogens is 254 g/mol. The monoisotopic (exact) mass is 283 g/mol. The normalized spacial score (nSPS) is 15.9. The summed E-state index contributed by atoms with van der Waals surface area (Å²) in [4.78, 5) is 4.54. The third kappa shape index (κ3) is 8.17. The minimum absolute atomic E-state index is 0.765. The average molecular weight is 283 g/mol. The van der Waals surface area contributed by atoms with Gasteiger partial charge in [-0.3, -0.25) is 4.99 Å². The molecule has 0 aromatic heterocycles. The molecule has 0 spiro atoms. The van der Waals surface area contributed by atoms with Crippen LogP contribution >= 0.6 is 0 Å². The maximum atomic E-state index is 5.31. The van der Waals surface area contributed by atoms with Gasteiger partial charge in [-0.05, 0) is 33.1 Å². The molecular formula is C15H29N3O2. The Morgan fingerprint density at radius 1 is 1.40 bits per heavy atom. The predicted molar refractivity (Wildman–Crippen MR) is 83.2 cm³/mol. The van der Waals surface area contributed by atoms with Crippen LogP contribution in [0.2, 0.25) is 0 Å². The van der Waals surface area contributed by atoms with E-state index in [-0.39, 0.29) is 0 Å². The van der Waals surface area contributed by atoms with Crippen molar-refractivity contribution in [1.29, 1.82) is 0 Å². The summed E-state index contributed by atoms with van der Waals surface area (Å²) in [5, 5.41) is 6.64. The lowest BCUT2D eigenvalue weighted by atomic mass is 10.1. The third-order valence-electron chi connectivity index (χ3n) is 3.06. The van der Waals surface area contributed by atoms with Gasteiger partial charge in [0.2, 0.25) is 0 Å². The van der Waals surface area contributed by atoms with Gasteiger partial charge in [-0.25, -0.2) is 0 Å². The predicted octanol–water partition coefficient (Wildman–Crippen LogP) is 1.70. The van der Waals surface area contributed by atoms with Crippen molar-refractivity contribution in [1.82, 2.24) is 10.6 Å². The molecule has 1 aliphatic rings. The van der Waals surface area contributed by atoms with Crippen LogP contribution in [0.4, 0.5) is 0 Å². The Balaban J connectivity index is 2.19. The van der Waals surface area contributed by atoms with E-state index in [9.17, 15) is 0 Å². The van der Waals surface area contributed by atoms with E-state index in [0.717, 1.165) is 71.3 Å².